The Kier molecular flexibility index (Phi) is 8.89. The average molecular weight is 454 g/mol. The maximum Gasteiger partial charge on any atom is -0.0121 e. The molecule has 0 atom stereocenters. The molecule has 1 nitrogen and oxygen atoms in total. The second-order valence-corrected chi connectivity index (χ2v) is 19.5. The van der Waals surface area contributed by atoms with Crippen molar-refractivity contribution in [3.8, 4) is 0 Å². The van der Waals surface area contributed by atoms with E-state index in [0.717, 1.165) is 13.1 Å². The minimum absolute atomic E-state index is 1.09. The molecule has 98 valence electrons. The molecule has 0 spiro atoms. The van der Waals surface area contributed by atoms with E-state index in [1.807, 2.05) is 4.93 Å². The summed E-state index contributed by atoms with van der Waals surface area (Å²) in [5.41, 5.74) is 1.36. The fourth-order valence-corrected chi connectivity index (χ4v) is 5.09. The van der Waals surface area contributed by atoms with E-state index in [9.17, 15) is 0 Å². The molecule has 0 aliphatic heterocycles. The van der Waals surface area contributed by atoms with Gasteiger partial charge in [-0.3, -0.25) is 0 Å². The van der Waals surface area contributed by atoms with E-state index < -0.39 is 18.4 Å². The van der Waals surface area contributed by atoms with Crippen molar-refractivity contribution in [3.05, 3.63) is 24.3 Å². The third-order valence-electron chi connectivity index (χ3n) is 2.86. The molecule has 1 aromatic rings. The molecule has 0 fully saturated rings. The van der Waals surface area contributed by atoms with Crippen molar-refractivity contribution in [2.24, 2.45) is 0 Å². The summed E-state index contributed by atoms with van der Waals surface area (Å²) in [6.45, 7) is 6.60. The summed E-state index contributed by atoms with van der Waals surface area (Å²) in [7, 11) is 0. The number of halogens is 1. The van der Waals surface area contributed by atoms with Gasteiger partial charge in [-0.1, -0.05) is 22.6 Å². The molecule has 0 amide bonds. The van der Waals surface area contributed by atoms with Gasteiger partial charge in [-0.25, -0.2) is 0 Å². The van der Waals surface area contributed by atoms with Gasteiger partial charge < -0.3 is 0 Å². The van der Waals surface area contributed by atoms with Gasteiger partial charge in [0.2, 0.25) is 0 Å². The fraction of sp³-hybridized carbons (Fsp3) is 0.571. The van der Waals surface area contributed by atoms with Crippen molar-refractivity contribution in [2.75, 3.05) is 22.9 Å². The van der Waals surface area contributed by atoms with Crippen molar-refractivity contribution in [1.29, 1.82) is 0 Å². The molecule has 3 heteroatoms. The van der Waals surface area contributed by atoms with Crippen LogP contribution in [0.4, 0.5) is 5.69 Å². The normalized spacial score (nSPS) is 10.5. The smallest absolute Gasteiger partial charge is 0.0121 e. The van der Waals surface area contributed by atoms with Crippen LogP contribution < -0.4 is 8.48 Å². The summed E-state index contributed by atoms with van der Waals surface area (Å²) in [5.74, 6) is 0. The molecule has 17 heavy (non-hydrogen) atoms. The Labute approximate surface area is 125 Å². The summed E-state index contributed by atoms with van der Waals surface area (Å²) in [6.07, 6.45) is 0. The first-order chi connectivity index (χ1) is 7.99. The van der Waals surface area contributed by atoms with Crippen LogP contribution in [-0.4, -0.2) is 36.4 Å². The quantitative estimate of drug-likeness (QED) is 0.376. The number of benzene rings is 1. The average Bonchev–Trinajstić information content (AvgIpc) is 2.33. The Balaban J connectivity index is 0.00000121. The minimum Gasteiger partial charge on any atom is -0.0901 e. The monoisotopic (exact) mass is 455 g/mol. The molecule has 0 bridgehead atoms. The number of rotatable bonds is 4. The Morgan fingerprint density at radius 3 is 1.65 bits per heavy atom. The zero-order valence-corrected chi connectivity index (χ0v) is 17.1. The summed E-state index contributed by atoms with van der Waals surface area (Å²) in [6, 6.07) is 9.24. The van der Waals surface area contributed by atoms with E-state index in [1.54, 1.807) is 3.58 Å². The zero-order chi connectivity index (χ0) is 13.5. The standard InChI is InChI=1S/C10H14N.CH3I.3CH3.Sn/c1-3-11(4-2)10-8-6-5-7-9-10;1-2;;;;/h6-9H,3-4H2,1-2H3;1H3;3*1H3;. The van der Waals surface area contributed by atoms with E-state index in [0.29, 0.717) is 0 Å². The minimum atomic E-state index is -1.84. The molecule has 0 N–H and O–H groups in total. The second-order valence-electron chi connectivity index (χ2n) is 4.97. The molecule has 0 aliphatic carbocycles. The van der Waals surface area contributed by atoms with Gasteiger partial charge in [-0.05, 0) is 4.93 Å². The van der Waals surface area contributed by atoms with Crippen molar-refractivity contribution in [3.63, 3.8) is 0 Å². The molecular weight excluding hydrogens is 428 g/mol. The van der Waals surface area contributed by atoms with Gasteiger partial charge in [0, 0.05) is 0 Å². The van der Waals surface area contributed by atoms with Crippen LogP contribution >= 0.6 is 22.6 Å². The Morgan fingerprint density at radius 1 is 0.941 bits per heavy atom. The third-order valence-corrected chi connectivity index (χ3v) is 8.76. The SMILES string of the molecule is CCN(CC)c1cc[c]([Sn]([CH3])([CH3])[CH3])cc1.CI. The molecule has 0 radical (unpaired) electrons. The predicted molar refractivity (Wildman–Crippen MR) is 92.9 cm³/mol. The summed E-state index contributed by atoms with van der Waals surface area (Å²) in [5, 5.41) is 0. The fourth-order valence-electron chi connectivity index (χ4n) is 1.76. The molecule has 0 saturated carbocycles. The van der Waals surface area contributed by atoms with Crippen molar-refractivity contribution in [2.45, 2.75) is 28.7 Å². The topological polar surface area (TPSA) is 3.24 Å². The molecule has 0 aliphatic rings. The van der Waals surface area contributed by atoms with Gasteiger partial charge in [-0.2, -0.15) is 0 Å². The van der Waals surface area contributed by atoms with E-state index in [2.05, 4.69) is 80.4 Å². The second kappa shape index (κ2) is 8.62. The maximum atomic E-state index is 2.46. The first-order valence-corrected chi connectivity index (χ1v) is 18.4. The van der Waals surface area contributed by atoms with E-state index in [1.165, 1.54) is 5.69 Å². The molecular formula is C14H26INSn. The Hall–Kier alpha value is 0.549. The summed E-state index contributed by atoms with van der Waals surface area (Å²) >= 11 is 0.313. The molecule has 1 rings (SSSR count). The van der Waals surface area contributed by atoms with Crippen molar-refractivity contribution >= 4 is 50.2 Å². The van der Waals surface area contributed by atoms with Gasteiger partial charge in [0.15, 0.2) is 0 Å². The zero-order valence-electron chi connectivity index (χ0n) is 12.0. The number of hydrogen-bond donors (Lipinski definition) is 0. The number of alkyl halides is 1. The number of anilines is 1. The van der Waals surface area contributed by atoms with Gasteiger partial charge in [0.1, 0.15) is 0 Å². The van der Waals surface area contributed by atoms with Gasteiger partial charge in [-0.15, -0.1) is 0 Å². The van der Waals surface area contributed by atoms with Crippen LogP contribution in [0.25, 0.3) is 0 Å². The van der Waals surface area contributed by atoms with Crippen LogP contribution in [0.1, 0.15) is 13.8 Å². The van der Waals surface area contributed by atoms with E-state index >= 15 is 0 Å². The largest absolute Gasteiger partial charge is 0.0901 e. The van der Waals surface area contributed by atoms with Crippen LogP contribution in [-0.2, 0) is 0 Å². The molecule has 0 saturated heterocycles. The summed E-state index contributed by atoms with van der Waals surface area (Å²) in [4.78, 5) is 11.7. The third kappa shape index (κ3) is 5.81. The molecule has 0 heterocycles. The van der Waals surface area contributed by atoms with Crippen molar-refractivity contribution < 1.29 is 0 Å². The maximum absolute atomic E-state index is 2.46. The Bertz CT molecular complexity index is 299. The number of hydrogen-bond acceptors (Lipinski definition) is 1. The molecule has 0 unspecified atom stereocenters. The molecule has 1 aromatic carbocycles. The number of nitrogens with zero attached hydrogens (tertiary/aromatic N) is 1. The molecule has 0 aromatic heterocycles. The van der Waals surface area contributed by atoms with Crippen LogP contribution in [0.3, 0.4) is 0 Å². The van der Waals surface area contributed by atoms with Crippen LogP contribution in [0.2, 0.25) is 14.8 Å². The first kappa shape index (κ1) is 17.5. The van der Waals surface area contributed by atoms with Crippen LogP contribution in [0.5, 0.6) is 0 Å². The first-order valence-electron chi connectivity index (χ1n) is 6.22. The predicted octanol–water partition coefficient (Wildman–Crippen LogP) is 4.13. The summed E-state index contributed by atoms with van der Waals surface area (Å²) < 4.78 is 1.61. The van der Waals surface area contributed by atoms with E-state index in [-0.39, 0.29) is 0 Å². The van der Waals surface area contributed by atoms with Gasteiger partial charge in [0.05, 0.1) is 0 Å². The Morgan fingerprint density at radius 2 is 1.35 bits per heavy atom. The van der Waals surface area contributed by atoms with Crippen molar-refractivity contribution in [1.82, 2.24) is 0 Å². The van der Waals surface area contributed by atoms with Crippen LogP contribution in [0, 0.1) is 0 Å². The van der Waals surface area contributed by atoms with Crippen LogP contribution in [0.15, 0.2) is 24.3 Å². The van der Waals surface area contributed by atoms with Gasteiger partial charge >= 0.3 is 98.6 Å². The van der Waals surface area contributed by atoms with E-state index in [4.69, 9.17) is 0 Å². The van der Waals surface area contributed by atoms with Gasteiger partial charge in [0.25, 0.3) is 0 Å².